The number of nitrogens with two attached hydrogens (primary N) is 1. The summed E-state index contributed by atoms with van der Waals surface area (Å²) in [6.45, 7) is 0. The van der Waals surface area contributed by atoms with Crippen LogP contribution in [0.4, 0.5) is 5.88 Å². The Morgan fingerprint density at radius 3 is 2.47 bits per heavy atom. The van der Waals surface area contributed by atoms with E-state index >= 15 is 0 Å². The predicted molar refractivity (Wildman–Crippen MR) is 85.1 cm³/mol. The first kappa shape index (κ1) is 12.9. The Morgan fingerprint density at radius 1 is 1.11 bits per heavy atom. The zero-order valence-electron chi connectivity index (χ0n) is 9.56. The summed E-state index contributed by atoms with van der Waals surface area (Å²) >= 11 is 8.47. The van der Waals surface area contributed by atoms with Gasteiger partial charge in [0.1, 0.15) is 5.69 Å². The zero-order chi connectivity index (χ0) is 13.4. The number of aromatic nitrogens is 1. The molecule has 0 aliphatic carbocycles. The lowest BCUT2D eigenvalue weighted by molar-refractivity contribution is 0.439. The van der Waals surface area contributed by atoms with E-state index in [2.05, 4.69) is 37.0 Å². The van der Waals surface area contributed by atoms with Gasteiger partial charge in [-0.05, 0) is 39.7 Å². The molecule has 6 heteroatoms. The minimum absolute atomic E-state index is 0.333. The van der Waals surface area contributed by atoms with E-state index in [4.69, 9.17) is 10.3 Å². The fourth-order valence-electron chi connectivity index (χ4n) is 1.83. The van der Waals surface area contributed by atoms with E-state index in [1.54, 1.807) is 11.3 Å². The molecule has 3 aromatic rings. The Hall–Kier alpha value is -1.11. The van der Waals surface area contributed by atoms with E-state index in [1.807, 2.05) is 35.7 Å². The summed E-state index contributed by atoms with van der Waals surface area (Å²) in [5, 5.41) is 6.09. The van der Waals surface area contributed by atoms with Crippen molar-refractivity contribution in [3.05, 3.63) is 44.0 Å². The number of rotatable bonds is 2. The highest BCUT2D eigenvalue weighted by molar-refractivity contribution is 9.11. The van der Waals surface area contributed by atoms with Gasteiger partial charge in [-0.2, -0.15) is 0 Å². The SMILES string of the molecule is Nc1onc(-c2csc(Br)c2)c1-c1ccc(Br)cc1. The van der Waals surface area contributed by atoms with Gasteiger partial charge < -0.3 is 10.3 Å². The minimum atomic E-state index is 0.333. The predicted octanol–water partition coefficient (Wildman–Crippen LogP) is 5.18. The van der Waals surface area contributed by atoms with Crippen LogP contribution in [0.5, 0.6) is 0 Å². The van der Waals surface area contributed by atoms with Crippen LogP contribution in [0.25, 0.3) is 22.4 Å². The Labute approximate surface area is 130 Å². The second-order valence-electron chi connectivity index (χ2n) is 3.92. The van der Waals surface area contributed by atoms with Crippen molar-refractivity contribution in [1.82, 2.24) is 5.16 Å². The third kappa shape index (κ3) is 2.48. The number of hydrogen-bond acceptors (Lipinski definition) is 4. The molecule has 2 heterocycles. The fourth-order valence-corrected chi connectivity index (χ4v) is 3.24. The minimum Gasteiger partial charge on any atom is -0.367 e. The van der Waals surface area contributed by atoms with E-state index in [1.165, 1.54) is 0 Å². The summed E-state index contributed by atoms with van der Waals surface area (Å²) in [5.74, 6) is 0.333. The Kier molecular flexibility index (Phi) is 3.47. The molecule has 0 saturated heterocycles. The highest BCUT2D eigenvalue weighted by atomic mass is 79.9. The fraction of sp³-hybridized carbons (Fsp3) is 0. The standard InChI is InChI=1S/C13H8Br2N2OS/c14-9-3-1-7(2-4-9)11-12(17-18-13(11)16)8-5-10(15)19-6-8/h1-6H,16H2. The van der Waals surface area contributed by atoms with Crippen molar-refractivity contribution in [3.8, 4) is 22.4 Å². The number of thiophene rings is 1. The second-order valence-corrected chi connectivity index (χ2v) is 7.12. The molecule has 0 unspecified atom stereocenters. The highest BCUT2D eigenvalue weighted by Gasteiger charge is 2.18. The monoisotopic (exact) mass is 398 g/mol. The summed E-state index contributed by atoms with van der Waals surface area (Å²) in [7, 11) is 0. The van der Waals surface area contributed by atoms with Crippen LogP contribution in [0.2, 0.25) is 0 Å². The molecule has 0 spiro atoms. The van der Waals surface area contributed by atoms with E-state index in [-0.39, 0.29) is 0 Å². The molecule has 2 aromatic heterocycles. The lowest BCUT2D eigenvalue weighted by atomic mass is 10.0. The van der Waals surface area contributed by atoms with Crippen LogP contribution in [-0.4, -0.2) is 5.16 Å². The molecule has 2 N–H and O–H groups in total. The van der Waals surface area contributed by atoms with Gasteiger partial charge in [-0.25, -0.2) is 0 Å². The lowest BCUT2D eigenvalue weighted by Crippen LogP contribution is -1.86. The number of nitrogens with zero attached hydrogens (tertiary/aromatic N) is 1. The topological polar surface area (TPSA) is 52.0 Å². The number of halogens is 2. The molecule has 0 fully saturated rings. The van der Waals surface area contributed by atoms with Crippen molar-refractivity contribution in [2.75, 3.05) is 5.73 Å². The quantitative estimate of drug-likeness (QED) is 0.645. The van der Waals surface area contributed by atoms with Crippen LogP contribution in [0.3, 0.4) is 0 Å². The van der Waals surface area contributed by atoms with Crippen molar-refractivity contribution in [2.45, 2.75) is 0 Å². The first-order valence-corrected chi connectivity index (χ1v) is 7.87. The lowest BCUT2D eigenvalue weighted by Gasteiger charge is -2.01. The van der Waals surface area contributed by atoms with Gasteiger partial charge in [0, 0.05) is 15.4 Å². The molecule has 0 bridgehead atoms. The van der Waals surface area contributed by atoms with Crippen molar-refractivity contribution < 1.29 is 4.52 Å². The molecular weight excluding hydrogens is 392 g/mol. The third-order valence-electron chi connectivity index (χ3n) is 2.69. The van der Waals surface area contributed by atoms with Gasteiger partial charge in [0.2, 0.25) is 5.88 Å². The summed E-state index contributed by atoms with van der Waals surface area (Å²) in [6, 6.07) is 9.91. The van der Waals surface area contributed by atoms with Gasteiger partial charge in [0.25, 0.3) is 0 Å². The van der Waals surface area contributed by atoms with Crippen LogP contribution in [0.1, 0.15) is 0 Å². The molecule has 0 aliphatic rings. The van der Waals surface area contributed by atoms with E-state index in [0.29, 0.717) is 5.88 Å². The number of nitrogen functional groups attached to an aromatic ring is 1. The van der Waals surface area contributed by atoms with Gasteiger partial charge in [-0.3, -0.25) is 0 Å². The van der Waals surface area contributed by atoms with Crippen LogP contribution in [0, 0.1) is 0 Å². The average Bonchev–Trinajstić information content (AvgIpc) is 2.97. The number of benzene rings is 1. The normalized spacial score (nSPS) is 10.8. The van der Waals surface area contributed by atoms with Crippen molar-refractivity contribution in [1.29, 1.82) is 0 Å². The molecule has 19 heavy (non-hydrogen) atoms. The summed E-state index contributed by atoms with van der Waals surface area (Å²) in [5.41, 5.74) is 9.48. The van der Waals surface area contributed by atoms with Crippen molar-refractivity contribution in [3.63, 3.8) is 0 Å². The summed E-state index contributed by atoms with van der Waals surface area (Å²) < 4.78 is 7.22. The Balaban J connectivity index is 2.16. The smallest absolute Gasteiger partial charge is 0.230 e. The van der Waals surface area contributed by atoms with Gasteiger partial charge in [0.15, 0.2) is 0 Å². The molecule has 0 amide bonds. The number of anilines is 1. The number of hydrogen-bond donors (Lipinski definition) is 1. The molecular formula is C13H8Br2N2OS. The average molecular weight is 400 g/mol. The van der Waals surface area contributed by atoms with Gasteiger partial charge >= 0.3 is 0 Å². The maximum atomic E-state index is 5.91. The largest absolute Gasteiger partial charge is 0.367 e. The molecule has 0 atom stereocenters. The first-order chi connectivity index (χ1) is 9.15. The van der Waals surface area contributed by atoms with Crippen LogP contribution < -0.4 is 5.73 Å². The molecule has 3 rings (SSSR count). The van der Waals surface area contributed by atoms with E-state index in [0.717, 1.165) is 30.6 Å². The summed E-state index contributed by atoms with van der Waals surface area (Å²) in [4.78, 5) is 0. The maximum Gasteiger partial charge on any atom is 0.230 e. The highest BCUT2D eigenvalue weighted by Crippen LogP contribution is 2.38. The molecule has 0 radical (unpaired) electrons. The molecule has 1 aromatic carbocycles. The molecule has 3 nitrogen and oxygen atoms in total. The molecule has 96 valence electrons. The summed E-state index contributed by atoms with van der Waals surface area (Å²) in [6.07, 6.45) is 0. The zero-order valence-corrected chi connectivity index (χ0v) is 13.5. The Morgan fingerprint density at radius 2 is 1.84 bits per heavy atom. The van der Waals surface area contributed by atoms with Crippen molar-refractivity contribution >= 4 is 49.1 Å². The van der Waals surface area contributed by atoms with Crippen LogP contribution in [0.15, 0.2) is 48.5 Å². The van der Waals surface area contributed by atoms with Gasteiger partial charge in [-0.1, -0.05) is 33.2 Å². The Bertz CT molecular complexity index is 719. The van der Waals surface area contributed by atoms with Gasteiger partial charge in [-0.15, -0.1) is 11.3 Å². The van der Waals surface area contributed by atoms with E-state index in [9.17, 15) is 0 Å². The molecule has 0 aliphatic heterocycles. The van der Waals surface area contributed by atoms with Crippen molar-refractivity contribution in [2.24, 2.45) is 0 Å². The second kappa shape index (κ2) is 5.11. The third-order valence-corrected chi connectivity index (χ3v) is 4.73. The van der Waals surface area contributed by atoms with Crippen LogP contribution in [-0.2, 0) is 0 Å². The van der Waals surface area contributed by atoms with Gasteiger partial charge in [0.05, 0.1) is 9.35 Å². The van der Waals surface area contributed by atoms with E-state index < -0.39 is 0 Å². The first-order valence-electron chi connectivity index (χ1n) is 5.40. The maximum absolute atomic E-state index is 5.91. The molecule has 0 saturated carbocycles. The van der Waals surface area contributed by atoms with Crippen LogP contribution >= 0.6 is 43.2 Å².